The zero-order chi connectivity index (χ0) is 16.6. The van der Waals surface area contributed by atoms with E-state index >= 15 is 0 Å². The fraction of sp³-hybridized carbons (Fsp3) is 0.0476. The maximum absolute atomic E-state index is 4.45. The summed E-state index contributed by atoms with van der Waals surface area (Å²) < 4.78 is 0. The third-order valence-electron chi connectivity index (χ3n) is 4.72. The molecule has 0 aliphatic carbocycles. The van der Waals surface area contributed by atoms with Crippen molar-refractivity contribution >= 4 is 22.1 Å². The first kappa shape index (κ1) is 14.0. The third-order valence-corrected chi connectivity index (χ3v) is 4.72. The quantitative estimate of drug-likeness (QED) is 0.509. The summed E-state index contributed by atoms with van der Waals surface area (Å²) in [7, 11) is 0. The average molecular weight is 324 g/mol. The molecular weight excluding hydrogens is 308 g/mol. The second kappa shape index (κ2) is 5.60. The van der Waals surface area contributed by atoms with E-state index in [0.717, 1.165) is 22.1 Å². The summed E-state index contributed by atoms with van der Waals surface area (Å²) in [6.45, 7) is 0. The van der Waals surface area contributed by atoms with E-state index in [0.29, 0.717) is 0 Å². The van der Waals surface area contributed by atoms with Crippen LogP contribution in [0, 0.1) is 0 Å². The molecule has 5 aromatic rings. The molecule has 0 saturated carbocycles. The number of aromatic amines is 2. The molecule has 0 saturated heterocycles. The van der Waals surface area contributed by atoms with Gasteiger partial charge in [0, 0.05) is 41.5 Å². The second-order valence-electron chi connectivity index (χ2n) is 6.13. The standard InChI is InChI=1S/C21H16N4/c1-2-6-14(7-3-1)19(17-12-24-20-15(17)8-4-10-22-20)18-13-25-21-16(18)9-5-11-23-21/h1-13,19H,(H,22,24)(H,23,25). The van der Waals surface area contributed by atoms with Crippen LogP contribution in [0.15, 0.2) is 79.4 Å². The van der Waals surface area contributed by atoms with Gasteiger partial charge in [-0.2, -0.15) is 0 Å². The molecule has 2 N–H and O–H groups in total. The van der Waals surface area contributed by atoms with Crippen LogP contribution in [0.1, 0.15) is 22.6 Å². The number of aromatic nitrogens is 4. The van der Waals surface area contributed by atoms with E-state index in [4.69, 9.17) is 0 Å². The van der Waals surface area contributed by atoms with Gasteiger partial charge in [-0.15, -0.1) is 0 Å². The number of rotatable bonds is 3. The predicted octanol–water partition coefficient (Wildman–Crippen LogP) is 4.62. The Morgan fingerprint density at radius 2 is 1.20 bits per heavy atom. The lowest BCUT2D eigenvalue weighted by atomic mass is 9.85. The lowest BCUT2D eigenvalue weighted by Gasteiger charge is -2.17. The van der Waals surface area contributed by atoms with Crippen LogP contribution in [0.2, 0.25) is 0 Å². The Kier molecular flexibility index (Phi) is 3.13. The van der Waals surface area contributed by atoms with Crippen molar-refractivity contribution in [2.24, 2.45) is 0 Å². The molecule has 4 aromatic heterocycles. The highest BCUT2D eigenvalue weighted by molar-refractivity contribution is 5.86. The average Bonchev–Trinajstić information content (AvgIpc) is 3.29. The number of hydrogen-bond donors (Lipinski definition) is 2. The molecule has 4 heterocycles. The topological polar surface area (TPSA) is 57.4 Å². The molecule has 0 fully saturated rings. The number of fused-ring (bicyclic) bond motifs is 2. The molecule has 0 aliphatic heterocycles. The first-order valence-corrected chi connectivity index (χ1v) is 8.31. The summed E-state index contributed by atoms with van der Waals surface area (Å²) in [4.78, 5) is 15.5. The Balaban J connectivity index is 1.81. The summed E-state index contributed by atoms with van der Waals surface area (Å²) >= 11 is 0. The van der Waals surface area contributed by atoms with Gasteiger partial charge in [0.25, 0.3) is 0 Å². The van der Waals surface area contributed by atoms with Gasteiger partial charge >= 0.3 is 0 Å². The van der Waals surface area contributed by atoms with E-state index < -0.39 is 0 Å². The summed E-state index contributed by atoms with van der Waals surface area (Å²) in [6.07, 6.45) is 7.78. The minimum absolute atomic E-state index is 0.108. The normalized spacial score (nSPS) is 11.6. The molecule has 120 valence electrons. The van der Waals surface area contributed by atoms with Gasteiger partial charge in [0.2, 0.25) is 0 Å². The van der Waals surface area contributed by atoms with Crippen molar-refractivity contribution in [1.29, 1.82) is 0 Å². The largest absolute Gasteiger partial charge is 0.346 e. The van der Waals surface area contributed by atoms with Gasteiger partial charge in [-0.3, -0.25) is 0 Å². The van der Waals surface area contributed by atoms with Gasteiger partial charge in [0.05, 0.1) is 0 Å². The van der Waals surface area contributed by atoms with Gasteiger partial charge in [0.15, 0.2) is 0 Å². The minimum Gasteiger partial charge on any atom is -0.346 e. The first-order valence-electron chi connectivity index (χ1n) is 8.31. The number of nitrogens with one attached hydrogen (secondary N) is 2. The van der Waals surface area contributed by atoms with Crippen molar-refractivity contribution in [3.63, 3.8) is 0 Å². The van der Waals surface area contributed by atoms with Crippen molar-refractivity contribution in [2.45, 2.75) is 5.92 Å². The SMILES string of the molecule is c1ccc(C(c2c[nH]c3ncccc23)c2c[nH]c3ncccc23)cc1. The molecule has 0 unspecified atom stereocenters. The molecule has 0 aliphatic rings. The number of benzene rings is 1. The van der Waals surface area contributed by atoms with Gasteiger partial charge in [0.1, 0.15) is 11.3 Å². The third kappa shape index (κ3) is 2.22. The smallest absolute Gasteiger partial charge is 0.137 e. The van der Waals surface area contributed by atoms with Crippen molar-refractivity contribution in [1.82, 2.24) is 19.9 Å². The van der Waals surface area contributed by atoms with Gasteiger partial charge in [-0.25, -0.2) is 9.97 Å². The zero-order valence-corrected chi connectivity index (χ0v) is 13.5. The number of pyridine rings is 2. The molecule has 4 heteroatoms. The number of hydrogen-bond acceptors (Lipinski definition) is 2. The number of nitrogens with zero attached hydrogens (tertiary/aromatic N) is 2. The van der Waals surface area contributed by atoms with E-state index in [9.17, 15) is 0 Å². The van der Waals surface area contributed by atoms with Crippen molar-refractivity contribution < 1.29 is 0 Å². The highest BCUT2D eigenvalue weighted by atomic mass is 14.8. The molecule has 5 rings (SSSR count). The van der Waals surface area contributed by atoms with Crippen LogP contribution in [0.3, 0.4) is 0 Å². The number of H-pyrrole nitrogens is 2. The molecule has 0 atom stereocenters. The van der Waals surface area contributed by atoms with Gasteiger partial charge in [-0.1, -0.05) is 30.3 Å². The lowest BCUT2D eigenvalue weighted by Crippen LogP contribution is -2.02. The maximum atomic E-state index is 4.45. The fourth-order valence-electron chi connectivity index (χ4n) is 3.60. The van der Waals surface area contributed by atoms with E-state index in [1.165, 1.54) is 16.7 Å². The van der Waals surface area contributed by atoms with Gasteiger partial charge in [-0.05, 0) is 41.0 Å². The molecule has 0 spiro atoms. The van der Waals surface area contributed by atoms with Gasteiger partial charge < -0.3 is 9.97 Å². The summed E-state index contributed by atoms with van der Waals surface area (Å²) in [5, 5.41) is 2.30. The Bertz CT molecular complexity index is 1080. The van der Waals surface area contributed by atoms with E-state index in [-0.39, 0.29) is 5.92 Å². The first-order chi connectivity index (χ1) is 12.4. The summed E-state index contributed by atoms with van der Waals surface area (Å²) in [5.74, 6) is 0.108. The molecule has 0 radical (unpaired) electrons. The van der Waals surface area contributed by atoms with Crippen LogP contribution >= 0.6 is 0 Å². The zero-order valence-electron chi connectivity index (χ0n) is 13.5. The molecule has 4 nitrogen and oxygen atoms in total. The molecular formula is C21H16N4. The van der Waals surface area contributed by atoms with Crippen molar-refractivity contribution in [3.05, 3.63) is 96.1 Å². The van der Waals surface area contributed by atoms with E-state index in [2.05, 4.69) is 68.7 Å². The highest BCUT2D eigenvalue weighted by Crippen LogP contribution is 2.38. The van der Waals surface area contributed by atoms with Crippen LogP contribution in [-0.2, 0) is 0 Å². The van der Waals surface area contributed by atoms with Crippen LogP contribution in [0.25, 0.3) is 22.1 Å². The molecule has 0 bridgehead atoms. The summed E-state index contributed by atoms with van der Waals surface area (Å²) in [6, 6.07) is 18.8. The Morgan fingerprint density at radius 1 is 0.640 bits per heavy atom. The maximum Gasteiger partial charge on any atom is 0.137 e. The molecule has 1 aromatic carbocycles. The Hall–Kier alpha value is -3.40. The Labute approximate surface area is 144 Å². The van der Waals surface area contributed by atoms with Crippen LogP contribution in [-0.4, -0.2) is 19.9 Å². The van der Waals surface area contributed by atoms with Crippen molar-refractivity contribution in [2.75, 3.05) is 0 Å². The summed E-state index contributed by atoms with van der Waals surface area (Å²) in [5.41, 5.74) is 5.52. The monoisotopic (exact) mass is 324 g/mol. The fourth-order valence-corrected chi connectivity index (χ4v) is 3.60. The molecule has 0 amide bonds. The van der Waals surface area contributed by atoms with E-state index in [1.807, 2.05) is 30.6 Å². The second-order valence-corrected chi connectivity index (χ2v) is 6.13. The molecule has 25 heavy (non-hydrogen) atoms. The van der Waals surface area contributed by atoms with Crippen LogP contribution in [0.4, 0.5) is 0 Å². The van der Waals surface area contributed by atoms with E-state index in [1.54, 1.807) is 0 Å². The van der Waals surface area contributed by atoms with Crippen LogP contribution < -0.4 is 0 Å². The minimum atomic E-state index is 0.108. The van der Waals surface area contributed by atoms with Crippen LogP contribution in [0.5, 0.6) is 0 Å². The predicted molar refractivity (Wildman–Crippen MR) is 99.6 cm³/mol. The highest BCUT2D eigenvalue weighted by Gasteiger charge is 2.23. The lowest BCUT2D eigenvalue weighted by molar-refractivity contribution is 0.998. The Morgan fingerprint density at radius 3 is 1.76 bits per heavy atom. The van der Waals surface area contributed by atoms with Crippen molar-refractivity contribution in [3.8, 4) is 0 Å².